The molecule has 166 valence electrons. The number of hydrogen-bond acceptors (Lipinski definition) is 5. The first-order valence-corrected chi connectivity index (χ1v) is 11.9. The van der Waals surface area contributed by atoms with Gasteiger partial charge >= 0.3 is 6.01 Å². The molecule has 0 radical (unpaired) electrons. The van der Waals surface area contributed by atoms with Crippen LogP contribution in [-0.4, -0.2) is 15.2 Å². The first kappa shape index (κ1) is 20.2. The third kappa shape index (κ3) is 3.62. The van der Waals surface area contributed by atoms with Gasteiger partial charge in [0.15, 0.2) is 0 Å². The van der Waals surface area contributed by atoms with Crippen molar-refractivity contribution >= 4 is 6.01 Å². The molecule has 6 rings (SSSR count). The summed E-state index contributed by atoms with van der Waals surface area (Å²) in [5.74, 6) is 2.00. The van der Waals surface area contributed by atoms with E-state index in [1.807, 2.05) is 12.3 Å². The van der Waals surface area contributed by atoms with Crippen molar-refractivity contribution in [3.63, 3.8) is 0 Å². The largest absolute Gasteiger partial charge is 0.404 e. The Morgan fingerprint density at radius 2 is 1.67 bits per heavy atom. The van der Waals surface area contributed by atoms with E-state index in [0.717, 1.165) is 30.0 Å². The van der Waals surface area contributed by atoms with E-state index in [-0.39, 0.29) is 11.4 Å². The quantitative estimate of drug-likeness (QED) is 0.425. The summed E-state index contributed by atoms with van der Waals surface area (Å²) in [7, 11) is 0. The van der Waals surface area contributed by atoms with Gasteiger partial charge in [0.1, 0.15) is 0 Å². The first-order valence-electron chi connectivity index (χ1n) is 11.9. The van der Waals surface area contributed by atoms with Crippen molar-refractivity contribution in [2.24, 2.45) is 11.8 Å². The fourth-order valence-corrected chi connectivity index (χ4v) is 6.25. The highest BCUT2D eigenvalue weighted by atomic mass is 16.4. The summed E-state index contributed by atoms with van der Waals surface area (Å²) in [5, 5.41) is 7.81. The Kier molecular flexibility index (Phi) is 4.97. The normalized spacial score (nSPS) is 23.8. The Hall–Kier alpha value is -3.47. The predicted octanol–water partition coefficient (Wildman–Crippen LogP) is 5.61. The Morgan fingerprint density at radius 1 is 0.879 bits per heavy atom. The van der Waals surface area contributed by atoms with Crippen LogP contribution in [0.4, 0.5) is 6.01 Å². The number of nitrogens with zero attached hydrogens (tertiary/aromatic N) is 3. The van der Waals surface area contributed by atoms with Crippen molar-refractivity contribution in [1.29, 1.82) is 0 Å². The van der Waals surface area contributed by atoms with E-state index in [2.05, 4.69) is 75.8 Å². The van der Waals surface area contributed by atoms with Crippen LogP contribution in [-0.2, 0) is 18.3 Å². The van der Waals surface area contributed by atoms with Crippen LogP contribution in [0.25, 0.3) is 11.5 Å². The van der Waals surface area contributed by atoms with Gasteiger partial charge in [-0.15, -0.1) is 5.10 Å². The molecule has 0 aliphatic heterocycles. The minimum absolute atomic E-state index is 0.0921. The van der Waals surface area contributed by atoms with Gasteiger partial charge in [0.25, 0.3) is 0 Å². The van der Waals surface area contributed by atoms with Gasteiger partial charge in [-0.2, -0.15) is 0 Å². The SMILES string of the molecule is Nc1nnc(-c2ccc([C@]3(c4ccc(CCc5ccccn5)cc4)CC4CC[C@@H]3C4)cc2)o1. The first-order chi connectivity index (χ1) is 16.2. The summed E-state index contributed by atoms with van der Waals surface area (Å²) >= 11 is 0. The van der Waals surface area contributed by atoms with Crippen LogP contribution in [0.5, 0.6) is 0 Å². The molecule has 0 spiro atoms. The van der Waals surface area contributed by atoms with Crippen molar-refractivity contribution in [3.05, 3.63) is 95.3 Å². The Morgan fingerprint density at radius 3 is 2.27 bits per heavy atom. The van der Waals surface area contributed by atoms with E-state index in [1.165, 1.54) is 42.4 Å². The molecule has 0 amide bonds. The lowest BCUT2D eigenvalue weighted by Gasteiger charge is -2.39. The molecule has 2 aromatic carbocycles. The van der Waals surface area contributed by atoms with E-state index < -0.39 is 0 Å². The number of hydrogen-bond donors (Lipinski definition) is 1. The topological polar surface area (TPSA) is 77.8 Å². The fourth-order valence-electron chi connectivity index (χ4n) is 6.25. The molecule has 4 aromatic rings. The van der Waals surface area contributed by atoms with Crippen molar-refractivity contribution < 1.29 is 4.42 Å². The summed E-state index contributed by atoms with van der Waals surface area (Å²) in [5.41, 5.74) is 12.0. The predicted molar refractivity (Wildman–Crippen MR) is 128 cm³/mol. The Balaban J connectivity index is 1.29. The zero-order valence-corrected chi connectivity index (χ0v) is 18.7. The van der Waals surface area contributed by atoms with E-state index in [0.29, 0.717) is 11.8 Å². The van der Waals surface area contributed by atoms with Gasteiger partial charge < -0.3 is 10.2 Å². The molecule has 2 fully saturated rings. The Bertz CT molecular complexity index is 1230. The molecule has 2 aromatic heterocycles. The molecule has 2 heterocycles. The van der Waals surface area contributed by atoms with E-state index in [4.69, 9.17) is 10.2 Å². The smallest absolute Gasteiger partial charge is 0.313 e. The number of anilines is 1. The summed E-state index contributed by atoms with van der Waals surface area (Å²) in [6.07, 6.45) is 9.11. The molecular weight excluding hydrogens is 408 g/mol. The number of pyridine rings is 1. The number of nitrogen functional groups attached to an aromatic ring is 1. The second kappa shape index (κ2) is 8.14. The van der Waals surface area contributed by atoms with Crippen LogP contribution in [0.15, 0.2) is 77.3 Å². The second-order valence-corrected chi connectivity index (χ2v) is 9.59. The minimum atomic E-state index is 0.0921. The zero-order valence-electron chi connectivity index (χ0n) is 18.7. The monoisotopic (exact) mass is 436 g/mol. The lowest BCUT2D eigenvalue weighted by atomic mass is 9.64. The highest BCUT2D eigenvalue weighted by molar-refractivity contribution is 5.56. The number of aromatic nitrogens is 3. The number of fused-ring (bicyclic) bond motifs is 2. The molecule has 2 saturated carbocycles. The molecule has 2 aliphatic carbocycles. The third-order valence-corrected chi connectivity index (χ3v) is 7.80. The van der Waals surface area contributed by atoms with Gasteiger partial charge in [-0.1, -0.05) is 54.0 Å². The van der Waals surface area contributed by atoms with Gasteiger partial charge in [-0.3, -0.25) is 4.98 Å². The lowest BCUT2D eigenvalue weighted by molar-refractivity contribution is 0.320. The molecule has 2 N–H and O–H groups in total. The number of aryl methyl sites for hydroxylation is 2. The number of benzene rings is 2. The summed E-state index contributed by atoms with van der Waals surface area (Å²) in [6.45, 7) is 0. The third-order valence-electron chi connectivity index (χ3n) is 7.80. The van der Waals surface area contributed by atoms with Crippen LogP contribution in [0.1, 0.15) is 48.1 Å². The van der Waals surface area contributed by atoms with Gasteiger partial charge in [0.05, 0.1) is 0 Å². The van der Waals surface area contributed by atoms with Crippen LogP contribution in [0.3, 0.4) is 0 Å². The van der Waals surface area contributed by atoms with Crippen molar-refractivity contribution in [2.45, 2.75) is 43.9 Å². The van der Waals surface area contributed by atoms with Gasteiger partial charge in [-0.05, 0) is 84.9 Å². The summed E-state index contributed by atoms with van der Waals surface area (Å²) in [6, 6.07) is 24.3. The number of rotatable bonds is 6. The lowest BCUT2D eigenvalue weighted by Crippen LogP contribution is -2.34. The van der Waals surface area contributed by atoms with Crippen LogP contribution in [0, 0.1) is 11.8 Å². The molecule has 2 bridgehead atoms. The fraction of sp³-hybridized carbons (Fsp3) is 0.321. The molecule has 3 atom stereocenters. The van der Waals surface area contributed by atoms with E-state index in [1.54, 1.807) is 0 Å². The van der Waals surface area contributed by atoms with Gasteiger partial charge in [0, 0.05) is 22.9 Å². The minimum Gasteiger partial charge on any atom is -0.404 e. The molecule has 5 heteroatoms. The standard InChI is InChI=1S/C28H28N4O/c29-27-32-31-26(33-27)21-8-13-23(14-9-21)28(18-20-6-12-24(28)17-20)22-10-4-19(5-11-22)7-15-25-3-1-2-16-30-25/h1-5,8-11,13-14,16,20,24H,6-7,12,15,17-18H2,(H2,29,32)/t20?,24-,28-/m1/s1. The molecule has 1 unspecified atom stereocenters. The van der Waals surface area contributed by atoms with Crippen molar-refractivity contribution in [3.8, 4) is 11.5 Å². The highest BCUT2D eigenvalue weighted by Crippen LogP contribution is 2.60. The maximum absolute atomic E-state index is 5.61. The molecule has 2 aliphatic rings. The number of nitrogens with two attached hydrogens (primary N) is 1. The Labute approximate surface area is 194 Å². The van der Waals surface area contributed by atoms with E-state index in [9.17, 15) is 0 Å². The molecule has 33 heavy (non-hydrogen) atoms. The average Bonchev–Trinajstić information content (AvgIpc) is 3.61. The summed E-state index contributed by atoms with van der Waals surface area (Å²) in [4.78, 5) is 4.46. The molecular formula is C28H28N4O. The molecule has 5 nitrogen and oxygen atoms in total. The van der Waals surface area contributed by atoms with E-state index >= 15 is 0 Å². The molecule has 0 saturated heterocycles. The van der Waals surface area contributed by atoms with Crippen LogP contribution >= 0.6 is 0 Å². The highest BCUT2D eigenvalue weighted by Gasteiger charge is 2.52. The second-order valence-electron chi connectivity index (χ2n) is 9.59. The summed E-state index contributed by atoms with van der Waals surface area (Å²) < 4.78 is 5.41. The average molecular weight is 437 g/mol. The van der Waals surface area contributed by atoms with Gasteiger partial charge in [0.2, 0.25) is 5.89 Å². The maximum Gasteiger partial charge on any atom is 0.313 e. The van der Waals surface area contributed by atoms with Gasteiger partial charge in [-0.25, -0.2) is 0 Å². The van der Waals surface area contributed by atoms with Crippen molar-refractivity contribution in [1.82, 2.24) is 15.2 Å². The zero-order chi connectivity index (χ0) is 22.3. The van der Waals surface area contributed by atoms with Crippen LogP contribution in [0.2, 0.25) is 0 Å². The van der Waals surface area contributed by atoms with Crippen molar-refractivity contribution in [2.75, 3.05) is 5.73 Å². The maximum atomic E-state index is 5.61. The van der Waals surface area contributed by atoms with Crippen LogP contribution < -0.4 is 5.73 Å².